The van der Waals surface area contributed by atoms with Crippen LogP contribution in [0.4, 0.5) is 0 Å². The molecule has 0 aliphatic heterocycles. The van der Waals surface area contributed by atoms with Gasteiger partial charge >= 0.3 is 0 Å². The van der Waals surface area contributed by atoms with Crippen molar-refractivity contribution in [2.75, 3.05) is 13.2 Å². The lowest BCUT2D eigenvalue weighted by molar-refractivity contribution is -0.0215. The third-order valence-corrected chi connectivity index (χ3v) is 2.45. The van der Waals surface area contributed by atoms with Crippen LogP contribution in [0.1, 0.15) is 33.1 Å². The maximum absolute atomic E-state index is 9.61. The Hall–Kier alpha value is -0.440. The number of unbranched alkanes of at least 4 members (excludes halogenated alkanes) is 1. The van der Waals surface area contributed by atoms with E-state index < -0.39 is 11.6 Å². The van der Waals surface area contributed by atoms with Crippen LogP contribution in [-0.2, 0) is 0 Å². The standard InChI is InChI=1S/C10H23N3O2.ClH.2H2O/c1-8(11)13-6-4-3-5-9(12)10(2,15)7-14;;;/h9,14-15H,3-7,12H2,1-2H3,(H2,11,13);1H;2*1H2/t9-,10?;;;/m0.../s1. The van der Waals surface area contributed by atoms with Gasteiger partial charge in [0.05, 0.1) is 18.0 Å². The third kappa shape index (κ3) is 12.0. The van der Waals surface area contributed by atoms with Gasteiger partial charge < -0.3 is 32.2 Å². The molecule has 0 spiro atoms. The zero-order valence-corrected chi connectivity index (χ0v) is 11.8. The zero-order chi connectivity index (χ0) is 11.9. The van der Waals surface area contributed by atoms with E-state index in [-0.39, 0.29) is 30.0 Å². The minimum absolute atomic E-state index is 0. The Morgan fingerprint density at radius 2 is 1.89 bits per heavy atom. The molecule has 0 heterocycles. The summed E-state index contributed by atoms with van der Waals surface area (Å²) in [5, 5.41) is 28.5. The maximum Gasteiger partial charge on any atom is 0.0999 e. The number of amidine groups is 1. The molecule has 0 bridgehead atoms. The molecule has 0 aromatic rings. The lowest BCUT2D eigenvalue weighted by atomic mass is 9.94. The average molecular weight is 290 g/mol. The number of aliphatic hydroxyl groups is 2. The molecule has 8 heteroatoms. The van der Waals surface area contributed by atoms with Crippen molar-refractivity contribution in [1.29, 1.82) is 5.41 Å². The molecule has 0 aromatic heterocycles. The molecule has 0 saturated heterocycles. The molecule has 0 radical (unpaired) electrons. The summed E-state index contributed by atoms with van der Waals surface area (Å²) in [6, 6.07) is -0.399. The molecule has 0 rings (SSSR count). The van der Waals surface area contributed by atoms with Gasteiger partial charge in [-0.05, 0) is 26.7 Å². The third-order valence-electron chi connectivity index (χ3n) is 2.45. The summed E-state index contributed by atoms with van der Waals surface area (Å²) in [6.07, 6.45) is 2.45. The Morgan fingerprint density at radius 3 is 2.28 bits per heavy atom. The number of halogens is 1. The molecule has 0 saturated carbocycles. The fourth-order valence-corrected chi connectivity index (χ4v) is 1.19. The summed E-state index contributed by atoms with van der Waals surface area (Å²) in [5.41, 5.74) is 4.54. The first-order valence-corrected chi connectivity index (χ1v) is 5.28. The number of aliphatic hydroxyl groups excluding tert-OH is 1. The van der Waals surface area contributed by atoms with Gasteiger partial charge in [0.2, 0.25) is 0 Å². The highest BCUT2D eigenvalue weighted by Crippen LogP contribution is 2.12. The first-order valence-electron chi connectivity index (χ1n) is 5.28. The molecule has 10 N–H and O–H groups in total. The van der Waals surface area contributed by atoms with Crippen LogP contribution in [0.3, 0.4) is 0 Å². The quantitative estimate of drug-likeness (QED) is 0.221. The van der Waals surface area contributed by atoms with E-state index in [0.29, 0.717) is 12.3 Å². The Bertz CT molecular complexity index is 206. The van der Waals surface area contributed by atoms with E-state index >= 15 is 0 Å². The van der Waals surface area contributed by atoms with Gasteiger partial charge in [0.1, 0.15) is 0 Å². The molecule has 114 valence electrons. The summed E-state index contributed by atoms with van der Waals surface area (Å²) in [6.45, 7) is 3.68. The smallest absolute Gasteiger partial charge is 0.0999 e. The van der Waals surface area contributed by atoms with Gasteiger partial charge in [-0.2, -0.15) is 0 Å². The topological polar surface area (TPSA) is 165 Å². The first-order chi connectivity index (χ1) is 6.90. The van der Waals surface area contributed by atoms with Crippen LogP contribution in [0.2, 0.25) is 0 Å². The van der Waals surface area contributed by atoms with Crippen LogP contribution in [0, 0.1) is 5.41 Å². The van der Waals surface area contributed by atoms with Crippen LogP contribution in [0.5, 0.6) is 0 Å². The average Bonchev–Trinajstić information content (AvgIpc) is 2.16. The number of nitrogens with one attached hydrogen (secondary N) is 2. The number of nitrogens with two attached hydrogens (primary N) is 1. The second-order valence-electron chi connectivity index (χ2n) is 4.17. The molecule has 2 atom stereocenters. The van der Waals surface area contributed by atoms with Gasteiger partial charge in [-0.25, -0.2) is 0 Å². The molecule has 0 fully saturated rings. The summed E-state index contributed by atoms with van der Waals surface area (Å²) < 4.78 is 0. The Kier molecular flexibility index (Phi) is 18.9. The second-order valence-corrected chi connectivity index (χ2v) is 4.17. The largest absolute Gasteiger partial charge is 0.412 e. The van der Waals surface area contributed by atoms with Gasteiger partial charge in [-0.3, -0.25) is 5.41 Å². The SMILES string of the molecule is CC(=N)NCCCC[C@H](N)C(C)(O)CO.Cl.O.O. The van der Waals surface area contributed by atoms with Crippen molar-refractivity contribution in [1.82, 2.24) is 5.32 Å². The Balaban J connectivity index is -0.000000327. The number of hydrogen-bond acceptors (Lipinski definition) is 4. The van der Waals surface area contributed by atoms with Gasteiger partial charge in [-0.15, -0.1) is 12.4 Å². The van der Waals surface area contributed by atoms with Crippen molar-refractivity contribution in [2.24, 2.45) is 5.73 Å². The predicted octanol–water partition coefficient (Wildman–Crippen LogP) is -1.41. The van der Waals surface area contributed by atoms with E-state index in [4.69, 9.17) is 16.2 Å². The second kappa shape index (κ2) is 13.0. The van der Waals surface area contributed by atoms with E-state index in [2.05, 4.69) is 5.32 Å². The van der Waals surface area contributed by atoms with Crippen molar-refractivity contribution in [3.63, 3.8) is 0 Å². The van der Waals surface area contributed by atoms with Crippen molar-refractivity contribution in [2.45, 2.75) is 44.8 Å². The van der Waals surface area contributed by atoms with Crippen LogP contribution >= 0.6 is 12.4 Å². The fourth-order valence-electron chi connectivity index (χ4n) is 1.19. The molecule has 0 aliphatic carbocycles. The minimum Gasteiger partial charge on any atom is -0.412 e. The summed E-state index contributed by atoms with van der Waals surface area (Å²) in [4.78, 5) is 0. The monoisotopic (exact) mass is 289 g/mol. The highest BCUT2D eigenvalue weighted by molar-refractivity contribution is 5.85. The van der Waals surface area contributed by atoms with Crippen molar-refractivity contribution in [3.05, 3.63) is 0 Å². The van der Waals surface area contributed by atoms with E-state index in [1.807, 2.05) is 0 Å². The van der Waals surface area contributed by atoms with Crippen LogP contribution in [-0.4, -0.2) is 51.8 Å². The first kappa shape index (κ1) is 26.2. The van der Waals surface area contributed by atoms with Gasteiger partial charge in [0.15, 0.2) is 0 Å². The van der Waals surface area contributed by atoms with Crippen molar-refractivity contribution in [3.8, 4) is 0 Å². The fraction of sp³-hybridized carbons (Fsp3) is 0.900. The van der Waals surface area contributed by atoms with Crippen molar-refractivity contribution < 1.29 is 21.2 Å². The van der Waals surface area contributed by atoms with Gasteiger partial charge in [0.25, 0.3) is 0 Å². The minimum atomic E-state index is -1.19. The predicted molar refractivity (Wildman–Crippen MR) is 75.4 cm³/mol. The van der Waals surface area contributed by atoms with Gasteiger partial charge in [-0.1, -0.05) is 6.42 Å². The molecule has 0 amide bonds. The molecule has 0 aliphatic rings. The molecule has 7 nitrogen and oxygen atoms in total. The Morgan fingerprint density at radius 1 is 1.39 bits per heavy atom. The van der Waals surface area contributed by atoms with Crippen LogP contribution in [0.15, 0.2) is 0 Å². The summed E-state index contributed by atoms with van der Waals surface area (Å²) in [5.74, 6) is 0.460. The van der Waals surface area contributed by atoms with E-state index in [9.17, 15) is 5.11 Å². The number of rotatable bonds is 7. The molecular formula is C10H28ClN3O4. The molecular weight excluding hydrogens is 262 g/mol. The summed E-state index contributed by atoms with van der Waals surface area (Å²) in [7, 11) is 0. The molecule has 0 aromatic carbocycles. The van der Waals surface area contributed by atoms with E-state index in [0.717, 1.165) is 19.4 Å². The lowest BCUT2D eigenvalue weighted by Crippen LogP contribution is -2.48. The normalized spacial score (nSPS) is 14.1. The molecule has 18 heavy (non-hydrogen) atoms. The number of hydrogen-bond donors (Lipinski definition) is 5. The highest BCUT2D eigenvalue weighted by Gasteiger charge is 2.27. The van der Waals surface area contributed by atoms with E-state index in [1.54, 1.807) is 6.92 Å². The van der Waals surface area contributed by atoms with Gasteiger partial charge in [0, 0.05) is 12.6 Å². The van der Waals surface area contributed by atoms with Crippen LogP contribution < -0.4 is 11.1 Å². The summed E-state index contributed by atoms with van der Waals surface area (Å²) >= 11 is 0. The van der Waals surface area contributed by atoms with Crippen molar-refractivity contribution >= 4 is 18.2 Å². The highest BCUT2D eigenvalue weighted by atomic mass is 35.5. The zero-order valence-electron chi connectivity index (χ0n) is 11.0. The Labute approximate surface area is 114 Å². The maximum atomic E-state index is 9.61. The molecule has 1 unspecified atom stereocenters. The lowest BCUT2D eigenvalue weighted by Gasteiger charge is -2.27. The van der Waals surface area contributed by atoms with Crippen LogP contribution in [0.25, 0.3) is 0 Å². The van der Waals surface area contributed by atoms with E-state index in [1.165, 1.54) is 6.92 Å².